The van der Waals surface area contributed by atoms with Crippen LogP contribution in [0, 0.1) is 6.92 Å². The lowest BCUT2D eigenvalue weighted by molar-refractivity contribution is 0.409. The summed E-state index contributed by atoms with van der Waals surface area (Å²) >= 11 is 1.78. The van der Waals surface area contributed by atoms with Crippen LogP contribution in [0.15, 0.2) is 40.7 Å². The first-order valence-electron chi connectivity index (χ1n) is 6.70. The van der Waals surface area contributed by atoms with Crippen molar-refractivity contribution in [2.45, 2.75) is 19.4 Å². The predicted molar refractivity (Wildman–Crippen MR) is 86.1 cm³/mol. The molecule has 1 aliphatic heterocycles. The zero-order valence-electron chi connectivity index (χ0n) is 12.1. The number of nitrogens with zero attached hydrogens (tertiary/aromatic N) is 2. The molecule has 1 aliphatic rings. The molecule has 0 saturated heterocycles. The zero-order chi connectivity index (χ0) is 14.3. The van der Waals surface area contributed by atoms with E-state index in [2.05, 4.69) is 54.6 Å². The number of hydrogen-bond acceptors (Lipinski definition) is 4. The van der Waals surface area contributed by atoms with Crippen molar-refractivity contribution in [3.05, 3.63) is 46.8 Å². The van der Waals surface area contributed by atoms with Gasteiger partial charge in [0.1, 0.15) is 5.54 Å². The maximum Gasteiger partial charge on any atom is 0.192 e. The summed E-state index contributed by atoms with van der Waals surface area (Å²) in [7, 11) is 1.98. The van der Waals surface area contributed by atoms with E-state index >= 15 is 0 Å². The predicted octanol–water partition coefficient (Wildman–Crippen LogP) is 3.20. The van der Waals surface area contributed by atoms with E-state index in [4.69, 9.17) is 5.73 Å². The van der Waals surface area contributed by atoms with Crippen LogP contribution in [-0.2, 0) is 5.54 Å². The van der Waals surface area contributed by atoms with Gasteiger partial charge in [0.15, 0.2) is 5.96 Å². The van der Waals surface area contributed by atoms with Gasteiger partial charge >= 0.3 is 0 Å². The highest BCUT2D eigenvalue weighted by Crippen LogP contribution is 2.34. The van der Waals surface area contributed by atoms with Crippen molar-refractivity contribution in [3.8, 4) is 10.4 Å². The minimum absolute atomic E-state index is 0.249. The summed E-state index contributed by atoms with van der Waals surface area (Å²) in [5, 5.41) is 2.18. The molecule has 1 atom stereocenters. The quantitative estimate of drug-likeness (QED) is 0.920. The van der Waals surface area contributed by atoms with Crippen molar-refractivity contribution in [3.63, 3.8) is 0 Å². The van der Waals surface area contributed by atoms with Crippen LogP contribution in [0.5, 0.6) is 0 Å². The van der Waals surface area contributed by atoms with Gasteiger partial charge in [-0.15, -0.1) is 11.3 Å². The first-order valence-corrected chi connectivity index (χ1v) is 7.58. The second-order valence-corrected chi connectivity index (χ2v) is 6.58. The summed E-state index contributed by atoms with van der Waals surface area (Å²) in [6, 6.07) is 10.9. The van der Waals surface area contributed by atoms with Crippen LogP contribution >= 0.6 is 11.3 Å². The molecule has 0 bridgehead atoms. The Morgan fingerprint density at radius 3 is 2.75 bits per heavy atom. The fourth-order valence-electron chi connectivity index (χ4n) is 2.66. The van der Waals surface area contributed by atoms with Crippen molar-refractivity contribution in [1.29, 1.82) is 0 Å². The molecular formula is C16H19N3S. The van der Waals surface area contributed by atoms with Gasteiger partial charge in [0.05, 0.1) is 0 Å². The molecule has 2 heterocycles. The van der Waals surface area contributed by atoms with Crippen LogP contribution in [0.2, 0.25) is 0 Å². The first kappa shape index (κ1) is 13.2. The molecule has 104 valence electrons. The Bertz CT molecular complexity index is 674. The molecule has 0 aliphatic carbocycles. The van der Waals surface area contributed by atoms with E-state index in [1.165, 1.54) is 21.6 Å². The molecule has 1 aromatic heterocycles. The second kappa shape index (κ2) is 4.63. The Labute approximate surface area is 123 Å². The molecule has 1 aromatic carbocycles. The third kappa shape index (κ3) is 2.20. The van der Waals surface area contributed by atoms with E-state index in [9.17, 15) is 0 Å². The largest absolute Gasteiger partial charge is 0.370 e. The third-order valence-electron chi connectivity index (χ3n) is 3.80. The van der Waals surface area contributed by atoms with Crippen LogP contribution in [-0.4, -0.2) is 24.5 Å². The molecule has 3 rings (SSSR count). The number of aliphatic imine (C=N–C) groups is 1. The fourth-order valence-corrected chi connectivity index (χ4v) is 3.56. The van der Waals surface area contributed by atoms with E-state index in [-0.39, 0.29) is 5.54 Å². The molecule has 20 heavy (non-hydrogen) atoms. The maximum atomic E-state index is 5.92. The van der Waals surface area contributed by atoms with E-state index in [1.54, 1.807) is 11.3 Å². The third-order valence-corrected chi connectivity index (χ3v) is 4.89. The molecule has 3 nitrogen and oxygen atoms in total. The van der Waals surface area contributed by atoms with Gasteiger partial charge in [0.25, 0.3) is 0 Å². The normalized spacial score (nSPS) is 22.1. The van der Waals surface area contributed by atoms with Gasteiger partial charge in [-0.3, -0.25) is 0 Å². The average Bonchev–Trinajstić information content (AvgIpc) is 2.95. The van der Waals surface area contributed by atoms with Crippen LogP contribution in [0.1, 0.15) is 18.1 Å². The van der Waals surface area contributed by atoms with Crippen LogP contribution < -0.4 is 5.73 Å². The smallest absolute Gasteiger partial charge is 0.192 e. The number of hydrogen-bond donors (Lipinski definition) is 1. The van der Waals surface area contributed by atoms with Crippen molar-refractivity contribution in [1.82, 2.24) is 4.90 Å². The van der Waals surface area contributed by atoms with Crippen molar-refractivity contribution >= 4 is 17.3 Å². The van der Waals surface area contributed by atoms with Gasteiger partial charge in [-0.1, -0.05) is 18.2 Å². The molecule has 2 aromatic rings. The second-order valence-electron chi connectivity index (χ2n) is 5.67. The lowest BCUT2D eigenvalue weighted by Crippen LogP contribution is -2.32. The Morgan fingerprint density at radius 1 is 1.35 bits per heavy atom. The molecule has 1 unspecified atom stereocenters. The Morgan fingerprint density at radius 2 is 2.15 bits per heavy atom. The summed E-state index contributed by atoms with van der Waals surface area (Å²) < 4.78 is 0. The number of aryl methyl sites for hydroxylation is 1. The van der Waals surface area contributed by atoms with E-state index < -0.39 is 0 Å². The first-order chi connectivity index (χ1) is 9.48. The topological polar surface area (TPSA) is 41.6 Å². The lowest BCUT2D eigenvalue weighted by Gasteiger charge is -2.22. The number of guanidine groups is 1. The Hall–Kier alpha value is -1.81. The van der Waals surface area contributed by atoms with E-state index in [1.807, 2.05) is 11.9 Å². The van der Waals surface area contributed by atoms with Crippen molar-refractivity contribution in [2.24, 2.45) is 10.7 Å². The molecular weight excluding hydrogens is 266 g/mol. The maximum absolute atomic E-state index is 5.92. The minimum Gasteiger partial charge on any atom is -0.370 e. The Balaban J connectivity index is 2.00. The van der Waals surface area contributed by atoms with Gasteiger partial charge in [-0.25, -0.2) is 4.99 Å². The SMILES string of the molecule is Cc1csc(-c2cccc(C3(C)CN(C)C(N)=N3)c2)c1. The van der Waals surface area contributed by atoms with Crippen molar-refractivity contribution < 1.29 is 0 Å². The molecule has 2 N–H and O–H groups in total. The molecule has 0 saturated carbocycles. The molecule has 0 spiro atoms. The number of thiophene rings is 1. The Kier molecular flexibility index (Phi) is 3.05. The molecule has 0 amide bonds. The van der Waals surface area contributed by atoms with E-state index in [0.717, 1.165) is 6.54 Å². The number of rotatable bonds is 2. The van der Waals surface area contributed by atoms with Crippen LogP contribution in [0.25, 0.3) is 10.4 Å². The van der Waals surface area contributed by atoms with E-state index in [0.29, 0.717) is 5.96 Å². The van der Waals surface area contributed by atoms with Gasteiger partial charge in [-0.2, -0.15) is 0 Å². The molecule has 0 fully saturated rings. The number of likely N-dealkylation sites (N-methyl/N-ethyl adjacent to an activating group) is 1. The lowest BCUT2D eigenvalue weighted by atomic mass is 9.91. The number of benzene rings is 1. The summed E-state index contributed by atoms with van der Waals surface area (Å²) in [4.78, 5) is 7.94. The number of nitrogens with two attached hydrogens (primary N) is 1. The zero-order valence-corrected chi connectivity index (χ0v) is 12.9. The van der Waals surface area contributed by atoms with Crippen LogP contribution in [0.4, 0.5) is 0 Å². The minimum atomic E-state index is -0.249. The summed E-state index contributed by atoms with van der Waals surface area (Å²) in [5.74, 6) is 0.616. The monoisotopic (exact) mass is 285 g/mol. The standard InChI is InChI=1S/C16H19N3S/c1-11-7-14(20-9-11)12-5-4-6-13(8-12)16(2)10-19(3)15(17)18-16/h4-9H,10H2,1-3H3,(H2,17,18). The van der Waals surface area contributed by atoms with Crippen molar-refractivity contribution in [2.75, 3.05) is 13.6 Å². The van der Waals surface area contributed by atoms with Crippen LogP contribution in [0.3, 0.4) is 0 Å². The highest BCUT2D eigenvalue weighted by atomic mass is 32.1. The summed E-state index contributed by atoms with van der Waals surface area (Å²) in [6.45, 7) is 5.09. The average molecular weight is 285 g/mol. The van der Waals surface area contributed by atoms with Gasteiger partial charge < -0.3 is 10.6 Å². The highest BCUT2D eigenvalue weighted by Gasteiger charge is 2.34. The summed E-state index contributed by atoms with van der Waals surface area (Å²) in [6.07, 6.45) is 0. The fraction of sp³-hybridized carbons (Fsp3) is 0.312. The van der Waals surface area contributed by atoms with Gasteiger partial charge in [0, 0.05) is 18.5 Å². The molecule has 0 radical (unpaired) electrons. The summed E-state index contributed by atoms with van der Waals surface area (Å²) in [5.41, 5.74) is 9.45. The van der Waals surface area contributed by atoms with Gasteiger partial charge in [-0.05, 0) is 48.1 Å². The highest BCUT2D eigenvalue weighted by molar-refractivity contribution is 7.13. The molecule has 4 heteroatoms. The van der Waals surface area contributed by atoms with Gasteiger partial charge in [0.2, 0.25) is 0 Å².